The second-order valence-corrected chi connectivity index (χ2v) is 7.32. The van der Waals surface area contributed by atoms with Crippen molar-refractivity contribution in [2.45, 2.75) is 40.0 Å². The maximum absolute atomic E-state index is 12.3. The summed E-state index contributed by atoms with van der Waals surface area (Å²) >= 11 is 0. The molecule has 0 aromatic heterocycles. The molecule has 0 fully saturated rings. The molecule has 2 amide bonds. The predicted molar refractivity (Wildman–Crippen MR) is 103 cm³/mol. The van der Waals surface area contributed by atoms with Crippen LogP contribution in [0.5, 0.6) is 0 Å². The zero-order chi connectivity index (χ0) is 18.6. The number of rotatable bonds is 4. The first-order valence-corrected chi connectivity index (χ1v) is 8.42. The van der Waals surface area contributed by atoms with Crippen LogP contribution in [0.15, 0.2) is 48.5 Å². The van der Waals surface area contributed by atoms with Crippen LogP contribution in [0.3, 0.4) is 0 Å². The molecule has 4 heteroatoms. The van der Waals surface area contributed by atoms with Gasteiger partial charge in [0.1, 0.15) is 6.54 Å². The smallest absolute Gasteiger partial charge is 0.244 e. The van der Waals surface area contributed by atoms with Gasteiger partial charge in [-0.25, -0.2) is 0 Å². The number of nitrogens with zero attached hydrogens (tertiary/aromatic N) is 1. The third kappa shape index (κ3) is 5.18. The van der Waals surface area contributed by atoms with Crippen molar-refractivity contribution in [3.05, 3.63) is 59.7 Å². The standard InChI is InChI=1S/C21H26N2O2/c1-15-6-12-19(13-7-15)23(16(2)24)14-20(25)22-18-10-8-17(9-11-18)21(3,4)5/h6-13H,14H2,1-5H3,(H,22,25). The molecule has 25 heavy (non-hydrogen) atoms. The Bertz CT molecular complexity index is 741. The van der Waals surface area contributed by atoms with E-state index in [4.69, 9.17) is 0 Å². The molecule has 0 heterocycles. The van der Waals surface area contributed by atoms with E-state index in [-0.39, 0.29) is 23.8 Å². The fourth-order valence-corrected chi connectivity index (χ4v) is 2.51. The Balaban J connectivity index is 2.06. The van der Waals surface area contributed by atoms with Gasteiger partial charge in [-0.15, -0.1) is 0 Å². The van der Waals surface area contributed by atoms with Crippen molar-refractivity contribution >= 4 is 23.2 Å². The minimum Gasteiger partial charge on any atom is -0.325 e. The average Bonchev–Trinajstić information content (AvgIpc) is 2.53. The molecule has 0 saturated carbocycles. The van der Waals surface area contributed by atoms with Crippen LogP contribution in [0.2, 0.25) is 0 Å². The molecule has 0 aliphatic rings. The molecule has 0 aliphatic heterocycles. The van der Waals surface area contributed by atoms with Gasteiger partial charge in [-0.1, -0.05) is 50.6 Å². The Hall–Kier alpha value is -2.62. The first-order valence-electron chi connectivity index (χ1n) is 8.42. The molecule has 0 aliphatic carbocycles. The van der Waals surface area contributed by atoms with Gasteiger partial charge in [0.15, 0.2) is 0 Å². The summed E-state index contributed by atoms with van der Waals surface area (Å²) in [5, 5.41) is 2.85. The molecule has 0 radical (unpaired) electrons. The van der Waals surface area contributed by atoms with E-state index in [9.17, 15) is 9.59 Å². The Morgan fingerprint density at radius 3 is 2.00 bits per heavy atom. The van der Waals surface area contributed by atoms with Crippen LogP contribution in [-0.2, 0) is 15.0 Å². The lowest BCUT2D eigenvalue weighted by Gasteiger charge is -2.21. The lowest BCUT2D eigenvalue weighted by atomic mass is 9.87. The molecule has 2 aromatic rings. The highest BCUT2D eigenvalue weighted by atomic mass is 16.2. The van der Waals surface area contributed by atoms with Crippen LogP contribution in [0, 0.1) is 6.92 Å². The van der Waals surface area contributed by atoms with Crippen LogP contribution >= 0.6 is 0 Å². The number of hydrogen-bond donors (Lipinski definition) is 1. The van der Waals surface area contributed by atoms with Crippen LogP contribution in [0.25, 0.3) is 0 Å². The predicted octanol–water partition coefficient (Wildman–Crippen LogP) is 4.28. The molecule has 0 atom stereocenters. The molecule has 2 rings (SSSR count). The number of carbonyl (C=O) groups excluding carboxylic acids is 2. The monoisotopic (exact) mass is 338 g/mol. The summed E-state index contributed by atoms with van der Waals surface area (Å²) in [6, 6.07) is 15.4. The van der Waals surface area contributed by atoms with Crippen molar-refractivity contribution in [2.24, 2.45) is 0 Å². The molecule has 0 bridgehead atoms. The fraction of sp³-hybridized carbons (Fsp3) is 0.333. The molecule has 132 valence electrons. The number of benzene rings is 2. The Morgan fingerprint density at radius 2 is 1.52 bits per heavy atom. The van der Waals surface area contributed by atoms with Gasteiger partial charge in [0.05, 0.1) is 0 Å². The third-order valence-electron chi connectivity index (χ3n) is 4.06. The summed E-state index contributed by atoms with van der Waals surface area (Å²) in [4.78, 5) is 25.7. The van der Waals surface area contributed by atoms with Gasteiger partial charge in [-0.2, -0.15) is 0 Å². The summed E-state index contributed by atoms with van der Waals surface area (Å²) in [6.45, 7) is 9.87. The van der Waals surface area contributed by atoms with Gasteiger partial charge >= 0.3 is 0 Å². The quantitative estimate of drug-likeness (QED) is 0.904. The molecule has 4 nitrogen and oxygen atoms in total. The van der Waals surface area contributed by atoms with E-state index in [0.29, 0.717) is 0 Å². The summed E-state index contributed by atoms with van der Waals surface area (Å²) < 4.78 is 0. The number of hydrogen-bond acceptors (Lipinski definition) is 2. The molecule has 0 unspecified atom stereocenters. The van der Waals surface area contributed by atoms with Gasteiger partial charge in [0.25, 0.3) is 0 Å². The van der Waals surface area contributed by atoms with Crippen molar-refractivity contribution in [2.75, 3.05) is 16.8 Å². The van der Waals surface area contributed by atoms with Gasteiger partial charge < -0.3 is 10.2 Å². The van der Waals surface area contributed by atoms with Gasteiger partial charge in [-0.3, -0.25) is 9.59 Å². The van der Waals surface area contributed by atoms with Crippen molar-refractivity contribution in [3.63, 3.8) is 0 Å². The summed E-state index contributed by atoms with van der Waals surface area (Å²) in [7, 11) is 0. The van der Waals surface area contributed by atoms with Gasteiger partial charge in [0.2, 0.25) is 11.8 Å². The lowest BCUT2D eigenvalue weighted by Crippen LogP contribution is -2.36. The first-order chi connectivity index (χ1) is 11.7. The van der Waals surface area contributed by atoms with Crippen LogP contribution in [-0.4, -0.2) is 18.4 Å². The molecular weight excluding hydrogens is 312 g/mol. The van der Waals surface area contributed by atoms with Crippen molar-refractivity contribution in [1.82, 2.24) is 0 Å². The Kier molecular flexibility index (Phi) is 5.62. The number of carbonyl (C=O) groups is 2. The fourth-order valence-electron chi connectivity index (χ4n) is 2.51. The summed E-state index contributed by atoms with van der Waals surface area (Å²) in [5.74, 6) is -0.388. The van der Waals surface area contributed by atoms with Crippen LogP contribution in [0.4, 0.5) is 11.4 Å². The normalized spacial score (nSPS) is 11.1. The Morgan fingerprint density at radius 1 is 0.960 bits per heavy atom. The van der Waals surface area contributed by atoms with Gasteiger partial charge in [0, 0.05) is 18.3 Å². The molecule has 1 N–H and O–H groups in total. The van der Waals surface area contributed by atoms with E-state index in [1.54, 1.807) is 0 Å². The third-order valence-corrected chi connectivity index (χ3v) is 4.06. The minimum atomic E-state index is -0.223. The van der Waals surface area contributed by atoms with Crippen LogP contribution < -0.4 is 10.2 Å². The SMILES string of the molecule is CC(=O)N(CC(=O)Nc1ccc(C(C)(C)C)cc1)c1ccc(C)cc1. The molecular formula is C21H26N2O2. The van der Waals surface area contributed by atoms with Crippen molar-refractivity contribution < 1.29 is 9.59 Å². The molecule has 0 saturated heterocycles. The lowest BCUT2D eigenvalue weighted by molar-refractivity contribution is -0.120. The second-order valence-electron chi connectivity index (χ2n) is 7.32. The second kappa shape index (κ2) is 7.51. The van der Waals surface area contributed by atoms with E-state index in [2.05, 4.69) is 26.1 Å². The average molecular weight is 338 g/mol. The maximum atomic E-state index is 12.3. The zero-order valence-electron chi connectivity index (χ0n) is 15.6. The Labute approximate surface area is 149 Å². The highest BCUT2D eigenvalue weighted by Gasteiger charge is 2.17. The van der Waals surface area contributed by atoms with Crippen molar-refractivity contribution in [3.8, 4) is 0 Å². The topological polar surface area (TPSA) is 49.4 Å². The summed E-state index contributed by atoms with van der Waals surface area (Å²) in [5.41, 5.74) is 3.83. The summed E-state index contributed by atoms with van der Waals surface area (Å²) in [6.07, 6.45) is 0. The first kappa shape index (κ1) is 18.7. The highest BCUT2D eigenvalue weighted by Crippen LogP contribution is 2.23. The maximum Gasteiger partial charge on any atom is 0.244 e. The number of amides is 2. The van der Waals surface area contributed by atoms with Gasteiger partial charge in [-0.05, 0) is 42.2 Å². The van der Waals surface area contributed by atoms with Crippen LogP contribution in [0.1, 0.15) is 38.8 Å². The number of nitrogens with one attached hydrogen (secondary N) is 1. The number of anilines is 2. The largest absolute Gasteiger partial charge is 0.325 e. The van der Waals surface area contributed by atoms with E-state index in [1.165, 1.54) is 17.4 Å². The van der Waals surface area contributed by atoms with Crippen molar-refractivity contribution in [1.29, 1.82) is 0 Å². The molecule has 2 aromatic carbocycles. The van der Waals surface area contributed by atoms with E-state index in [0.717, 1.165) is 16.9 Å². The van der Waals surface area contributed by atoms with E-state index in [1.807, 2.05) is 55.5 Å². The van der Waals surface area contributed by atoms with E-state index >= 15 is 0 Å². The number of aryl methyl sites for hydroxylation is 1. The van der Waals surface area contributed by atoms with E-state index < -0.39 is 0 Å². The highest BCUT2D eigenvalue weighted by molar-refractivity contribution is 6.01. The molecule has 0 spiro atoms. The zero-order valence-corrected chi connectivity index (χ0v) is 15.6. The minimum absolute atomic E-state index is 0.0145.